The first-order valence-corrected chi connectivity index (χ1v) is 8.69. The van der Waals surface area contributed by atoms with Crippen LogP contribution in [-0.2, 0) is 17.8 Å². The lowest BCUT2D eigenvalue weighted by atomic mass is 10.1. The largest absolute Gasteiger partial charge is 0.361 e. The summed E-state index contributed by atoms with van der Waals surface area (Å²) in [4.78, 5) is 17.7. The number of nitrogens with zero attached hydrogens (tertiary/aromatic N) is 2. The van der Waals surface area contributed by atoms with E-state index in [4.69, 9.17) is 4.52 Å². The highest BCUT2D eigenvalue weighted by Gasteiger charge is 2.12. The second-order valence-corrected chi connectivity index (χ2v) is 6.52. The van der Waals surface area contributed by atoms with Gasteiger partial charge in [0.1, 0.15) is 5.76 Å². The van der Waals surface area contributed by atoms with E-state index in [1.807, 2.05) is 43.5 Å². The van der Waals surface area contributed by atoms with Gasteiger partial charge in [0.05, 0.1) is 16.3 Å². The average Bonchev–Trinajstić information content (AvgIpc) is 3.22. The van der Waals surface area contributed by atoms with Crippen LogP contribution in [0.15, 0.2) is 40.4 Å². The minimum atomic E-state index is 0.0102. The molecule has 0 aliphatic carbocycles. The summed E-state index contributed by atoms with van der Waals surface area (Å²) in [6.07, 6.45) is 2.83. The summed E-state index contributed by atoms with van der Waals surface area (Å²) in [5.74, 6) is 0.795. The second-order valence-electron chi connectivity index (χ2n) is 5.57. The number of hydrogen-bond donors (Lipinski definition) is 1. The van der Waals surface area contributed by atoms with Crippen LogP contribution in [0.2, 0.25) is 0 Å². The summed E-state index contributed by atoms with van der Waals surface area (Å²) in [6.45, 7) is 4.24. The number of amides is 1. The third-order valence-electron chi connectivity index (χ3n) is 3.91. The van der Waals surface area contributed by atoms with E-state index >= 15 is 0 Å². The van der Waals surface area contributed by atoms with Crippen molar-refractivity contribution in [1.82, 2.24) is 15.5 Å². The normalized spacial score (nSPS) is 10.8. The molecule has 0 spiro atoms. The van der Waals surface area contributed by atoms with E-state index in [1.54, 1.807) is 17.5 Å². The van der Waals surface area contributed by atoms with Crippen molar-refractivity contribution in [1.29, 1.82) is 0 Å². The fourth-order valence-corrected chi connectivity index (χ4v) is 3.35. The van der Waals surface area contributed by atoms with E-state index in [-0.39, 0.29) is 5.91 Å². The van der Waals surface area contributed by atoms with Crippen molar-refractivity contribution in [3.8, 4) is 10.6 Å². The number of thiophene rings is 1. The molecular weight excluding hydrogens is 322 g/mol. The van der Waals surface area contributed by atoms with Crippen LogP contribution < -0.4 is 5.32 Å². The highest BCUT2D eigenvalue weighted by atomic mass is 32.1. The molecule has 0 fully saturated rings. The van der Waals surface area contributed by atoms with Crippen molar-refractivity contribution >= 4 is 17.2 Å². The summed E-state index contributed by atoms with van der Waals surface area (Å²) < 4.78 is 5.13. The minimum absolute atomic E-state index is 0.0102. The van der Waals surface area contributed by atoms with Gasteiger partial charge in [0.2, 0.25) is 5.91 Å². The number of rotatable bonds is 6. The SMILES string of the molecule is Cc1noc(C)c1CCC(=O)NCc1cccnc1-c1cccs1. The molecule has 0 saturated heterocycles. The molecule has 1 amide bonds. The molecule has 3 aromatic rings. The average molecular weight is 341 g/mol. The molecule has 6 heteroatoms. The summed E-state index contributed by atoms with van der Waals surface area (Å²) in [5.41, 5.74) is 3.82. The van der Waals surface area contributed by atoms with Crippen molar-refractivity contribution in [2.75, 3.05) is 0 Å². The molecule has 0 aliphatic heterocycles. The van der Waals surface area contributed by atoms with Crippen molar-refractivity contribution in [3.05, 3.63) is 58.4 Å². The van der Waals surface area contributed by atoms with Crippen LogP contribution in [0, 0.1) is 13.8 Å². The quantitative estimate of drug-likeness (QED) is 0.743. The zero-order valence-electron chi connectivity index (χ0n) is 13.7. The van der Waals surface area contributed by atoms with Crippen molar-refractivity contribution in [2.24, 2.45) is 0 Å². The highest BCUT2D eigenvalue weighted by molar-refractivity contribution is 7.13. The zero-order chi connectivity index (χ0) is 16.9. The highest BCUT2D eigenvalue weighted by Crippen LogP contribution is 2.25. The van der Waals surface area contributed by atoms with Crippen molar-refractivity contribution < 1.29 is 9.32 Å². The molecule has 0 unspecified atom stereocenters. The number of nitrogens with one attached hydrogen (secondary N) is 1. The van der Waals surface area contributed by atoms with Crippen LogP contribution >= 0.6 is 11.3 Å². The van der Waals surface area contributed by atoms with Gasteiger partial charge in [0, 0.05) is 24.7 Å². The molecule has 3 rings (SSSR count). The Morgan fingerprint density at radius 2 is 2.17 bits per heavy atom. The van der Waals surface area contributed by atoms with Gasteiger partial charge in [0.15, 0.2) is 0 Å². The Bertz CT molecular complexity index is 805. The van der Waals surface area contributed by atoms with Crippen LogP contribution in [0.3, 0.4) is 0 Å². The molecular formula is C18H19N3O2S. The third kappa shape index (κ3) is 3.71. The molecule has 5 nitrogen and oxygen atoms in total. The molecule has 3 aromatic heterocycles. The van der Waals surface area contributed by atoms with Gasteiger partial charge in [-0.15, -0.1) is 11.3 Å². The van der Waals surface area contributed by atoms with Crippen LogP contribution in [0.5, 0.6) is 0 Å². The lowest BCUT2D eigenvalue weighted by molar-refractivity contribution is -0.121. The number of aryl methyl sites for hydroxylation is 2. The number of aromatic nitrogens is 2. The van der Waals surface area contributed by atoms with Crippen LogP contribution in [0.25, 0.3) is 10.6 Å². The topological polar surface area (TPSA) is 68.0 Å². The van der Waals surface area contributed by atoms with Crippen molar-refractivity contribution in [2.45, 2.75) is 33.2 Å². The van der Waals surface area contributed by atoms with E-state index in [1.165, 1.54) is 0 Å². The van der Waals surface area contributed by atoms with Gasteiger partial charge in [-0.25, -0.2) is 0 Å². The molecule has 0 atom stereocenters. The number of hydrogen-bond acceptors (Lipinski definition) is 5. The first-order chi connectivity index (χ1) is 11.6. The Morgan fingerprint density at radius 3 is 2.88 bits per heavy atom. The van der Waals surface area contributed by atoms with Gasteiger partial charge in [-0.1, -0.05) is 17.3 Å². The number of pyridine rings is 1. The summed E-state index contributed by atoms with van der Waals surface area (Å²) >= 11 is 1.64. The van der Waals surface area contributed by atoms with Gasteiger partial charge in [-0.2, -0.15) is 0 Å². The van der Waals surface area contributed by atoms with Gasteiger partial charge in [-0.05, 0) is 43.3 Å². The van der Waals surface area contributed by atoms with E-state index in [9.17, 15) is 4.79 Å². The molecule has 124 valence electrons. The van der Waals surface area contributed by atoms with Gasteiger partial charge in [-0.3, -0.25) is 9.78 Å². The minimum Gasteiger partial charge on any atom is -0.361 e. The van der Waals surface area contributed by atoms with Crippen molar-refractivity contribution in [3.63, 3.8) is 0 Å². The van der Waals surface area contributed by atoms with Gasteiger partial charge < -0.3 is 9.84 Å². The van der Waals surface area contributed by atoms with Crippen LogP contribution in [-0.4, -0.2) is 16.0 Å². The lowest BCUT2D eigenvalue weighted by Gasteiger charge is -2.09. The van der Waals surface area contributed by atoms with E-state index in [0.717, 1.165) is 33.2 Å². The maximum Gasteiger partial charge on any atom is 0.220 e. The lowest BCUT2D eigenvalue weighted by Crippen LogP contribution is -2.23. The second kappa shape index (κ2) is 7.40. The smallest absolute Gasteiger partial charge is 0.220 e. The molecule has 3 heterocycles. The predicted molar refractivity (Wildman–Crippen MR) is 93.7 cm³/mol. The van der Waals surface area contributed by atoms with E-state index in [2.05, 4.69) is 15.5 Å². The first kappa shape index (κ1) is 16.4. The molecule has 24 heavy (non-hydrogen) atoms. The molecule has 0 saturated carbocycles. The Labute approximate surface area is 144 Å². The monoisotopic (exact) mass is 341 g/mol. The molecule has 1 N–H and O–H groups in total. The summed E-state index contributed by atoms with van der Waals surface area (Å²) in [6, 6.07) is 7.93. The molecule has 0 aliphatic rings. The maximum atomic E-state index is 12.2. The molecule has 0 aromatic carbocycles. The predicted octanol–water partition coefficient (Wildman–Crippen LogP) is 3.66. The molecule has 0 bridgehead atoms. The van der Waals surface area contributed by atoms with Crippen LogP contribution in [0.4, 0.5) is 0 Å². The summed E-state index contributed by atoms with van der Waals surface area (Å²) in [7, 11) is 0. The molecule has 0 radical (unpaired) electrons. The van der Waals surface area contributed by atoms with Crippen LogP contribution in [0.1, 0.15) is 29.0 Å². The Morgan fingerprint density at radius 1 is 1.29 bits per heavy atom. The standard InChI is InChI=1S/C18H19N3O2S/c1-12-15(13(2)23-21-12)7-8-17(22)20-11-14-5-3-9-19-18(14)16-6-4-10-24-16/h3-6,9-10H,7-8,11H2,1-2H3,(H,20,22). The Balaban J connectivity index is 1.59. The Kier molecular flexibility index (Phi) is 5.05. The number of carbonyl (C=O) groups excluding carboxylic acids is 1. The maximum absolute atomic E-state index is 12.2. The fraction of sp³-hybridized carbons (Fsp3) is 0.278. The van der Waals surface area contributed by atoms with Gasteiger partial charge >= 0.3 is 0 Å². The Hall–Kier alpha value is -2.47. The zero-order valence-corrected chi connectivity index (χ0v) is 14.5. The first-order valence-electron chi connectivity index (χ1n) is 7.81. The van der Waals surface area contributed by atoms with E-state index in [0.29, 0.717) is 19.4 Å². The van der Waals surface area contributed by atoms with Gasteiger partial charge in [0.25, 0.3) is 0 Å². The fourth-order valence-electron chi connectivity index (χ4n) is 2.60. The van der Waals surface area contributed by atoms with E-state index < -0.39 is 0 Å². The third-order valence-corrected chi connectivity index (χ3v) is 4.78. The summed E-state index contributed by atoms with van der Waals surface area (Å²) in [5, 5.41) is 8.92. The number of carbonyl (C=O) groups is 1.